The zero-order valence-corrected chi connectivity index (χ0v) is 15.7. The summed E-state index contributed by atoms with van der Waals surface area (Å²) in [6.45, 7) is 5.89. The minimum atomic E-state index is -0.311. The van der Waals surface area contributed by atoms with Gasteiger partial charge in [-0.15, -0.1) is 11.8 Å². The zero-order chi connectivity index (χ0) is 18.2. The van der Waals surface area contributed by atoms with E-state index >= 15 is 0 Å². The maximum atomic E-state index is 12.2. The first-order valence-corrected chi connectivity index (χ1v) is 9.40. The van der Waals surface area contributed by atoms with Gasteiger partial charge in [0.05, 0.1) is 11.0 Å². The van der Waals surface area contributed by atoms with Crippen molar-refractivity contribution >= 4 is 35.0 Å². The maximum absolute atomic E-state index is 12.2. The second-order valence-electron chi connectivity index (χ2n) is 5.91. The summed E-state index contributed by atoms with van der Waals surface area (Å²) in [5, 5.41) is 5.40. The number of anilines is 2. The predicted octanol–water partition coefficient (Wildman–Crippen LogP) is 4.26. The van der Waals surface area contributed by atoms with Gasteiger partial charge in [-0.25, -0.2) is 0 Å². The van der Waals surface area contributed by atoms with Crippen molar-refractivity contribution in [3.8, 4) is 0 Å². The van der Waals surface area contributed by atoms with Crippen molar-refractivity contribution in [2.75, 3.05) is 16.4 Å². The summed E-state index contributed by atoms with van der Waals surface area (Å²) < 4.78 is 0. The largest absolute Gasteiger partial charge is 0.325 e. The molecule has 0 radical (unpaired) electrons. The predicted molar refractivity (Wildman–Crippen MR) is 106 cm³/mol. The summed E-state index contributed by atoms with van der Waals surface area (Å²) in [5.41, 5.74) is 3.92. The van der Waals surface area contributed by atoms with Crippen LogP contribution in [0.25, 0.3) is 0 Å². The molecule has 0 aliphatic rings. The SMILES string of the molecule is CCc1ccc(NC(=O)[C@H](C)SCC(=O)Nc2ccc(C)cc2)cc1. The van der Waals surface area contributed by atoms with E-state index in [1.165, 1.54) is 17.3 Å². The highest BCUT2D eigenvalue weighted by atomic mass is 32.2. The van der Waals surface area contributed by atoms with E-state index in [1.54, 1.807) is 6.92 Å². The molecule has 0 spiro atoms. The first-order chi connectivity index (χ1) is 12.0. The number of hydrogen-bond donors (Lipinski definition) is 2. The lowest BCUT2D eigenvalue weighted by Crippen LogP contribution is -2.25. The Kier molecular flexibility index (Phi) is 7.07. The molecule has 5 heteroatoms. The minimum Gasteiger partial charge on any atom is -0.325 e. The number of benzene rings is 2. The van der Waals surface area contributed by atoms with Crippen LogP contribution in [-0.2, 0) is 16.0 Å². The molecule has 0 fully saturated rings. The molecule has 0 aliphatic heterocycles. The van der Waals surface area contributed by atoms with Crippen molar-refractivity contribution in [1.82, 2.24) is 0 Å². The van der Waals surface area contributed by atoms with Gasteiger partial charge in [-0.2, -0.15) is 0 Å². The Morgan fingerprint density at radius 2 is 1.52 bits per heavy atom. The Morgan fingerprint density at radius 3 is 2.12 bits per heavy atom. The highest BCUT2D eigenvalue weighted by Crippen LogP contribution is 2.16. The van der Waals surface area contributed by atoms with Crippen molar-refractivity contribution in [2.45, 2.75) is 32.4 Å². The van der Waals surface area contributed by atoms with E-state index in [0.717, 1.165) is 23.4 Å². The molecule has 2 aromatic rings. The quantitative estimate of drug-likeness (QED) is 0.779. The molecular formula is C20H24N2O2S. The number of thioether (sulfide) groups is 1. The van der Waals surface area contributed by atoms with E-state index in [2.05, 4.69) is 17.6 Å². The van der Waals surface area contributed by atoms with E-state index in [-0.39, 0.29) is 22.8 Å². The van der Waals surface area contributed by atoms with Gasteiger partial charge in [0, 0.05) is 11.4 Å². The van der Waals surface area contributed by atoms with Gasteiger partial charge >= 0.3 is 0 Å². The van der Waals surface area contributed by atoms with Gasteiger partial charge < -0.3 is 10.6 Å². The molecule has 1 atom stereocenters. The van der Waals surface area contributed by atoms with Gasteiger partial charge in [0.2, 0.25) is 11.8 Å². The van der Waals surface area contributed by atoms with Crippen molar-refractivity contribution in [1.29, 1.82) is 0 Å². The minimum absolute atomic E-state index is 0.0996. The Balaban J connectivity index is 1.77. The van der Waals surface area contributed by atoms with Crippen LogP contribution in [0.3, 0.4) is 0 Å². The first kappa shape index (κ1) is 19.1. The van der Waals surface area contributed by atoms with E-state index in [9.17, 15) is 9.59 Å². The van der Waals surface area contributed by atoms with Crippen LogP contribution in [-0.4, -0.2) is 22.8 Å². The van der Waals surface area contributed by atoms with Crippen LogP contribution < -0.4 is 10.6 Å². The summed E-state index contributed by atoms with van der Waals surface area (Å²) in [5.74, 6) is 0.0234. The van der Waals surface area contributed by atoms with E-state index in [0.29, 0.717) is 0 Å². The van der Waals surface area contributed by atoms with Crippen molar-refractivity contribution in [2.24, 2.45) is 0 Å². The summed E-state index contributed by atoms with van der Waals surface area (Å²) in [6, 6.07) is 15.4. The van der Waals surface area contributed by atoms with Crippen LogP contribution in [0.15, 0.2) is 48.5 Å². The van der Waals surface area contributed by atoms with Gasteiger partial charge in [-0.1, -0.05) is 36.8 Å². The number of nitrogens with one attached hydrogen (secondary N) is 2. The van der Waals surface area contributed by atoms with Crippen LogP contribution in [0.1, 0.15) is 25.0 Å². The van der Waals surface area contributed by atoms with Gasteiger partial charge in [0.25, 0.3) is 0 Å². The first-order valence-electron chi connectivity index (χ1n) is 8.36. The Morgan fingerprint density at radius 1 is 0.960 bits per heavy atom. The summed E-state index contributed by atoms with van der Waals surface area (Å²) in [7, 11) is 0. The van der Waals surface area contributed by atoms with E-state index < -0.39 is 0 Å². The zero-order valence-electron chi connectivity index (χ0n) is 14.8. The molecule has 2 aromatic carbocycles. The number of aryl methyl sites for hydroxylation is 2. The molecule has 0 heterocycles. The number of carbonyl (C=O) groups excluding carboxylic acids is 2. The molecule has 0 bridgehead atoms. The molecule has 4 nitrogen and oxygen atoms in total. The average Bonchev–Trinajstić information content (AvgIpc) is 2.62. The standard InChI is InChI=1S/C20H24N2O2S/c1-4-16-7-11-18(12-8-16)22-20(24)15(3)25-13-19(23)21-17-9-5-14(2)6-10-17/h5-12,15H,4,13H2,1-3H3,(H,21,23)(H,22,24)/t15-/m0/s1. The fourth-order valence-corrected chi connectivity index (χ4v) is 2.86. The average molecular weight is 356 g/mol. The van der Waals surface area contributed by atoms with E-state index in [4.69, 9.17) is 0 Å². The van der Waals surface area contributed by atoms with Crippen LogP contribution in [0.4, 0.5) is 11.4 Å². The fourth-order valence-electron chi connectivity index (χ4n) is 2.18. The monoisotopic (exact) mass is 356 g/mol. The summed E-state index contributed by atoms with van der Waals surface area (Å²) in [6.07, 6.45) is 0.969. The second-order valence-corrected chi connectivity index (χ2v) is 7.24. The Bertz CT molecular complexity index is 711. The van der Waals surface area contributed by atoms with Crippen LogP contribution >= 0.6 is 11.8 Å². The summed E-state index contributed by atoms with van der Waals surface area (Å²) in [4.78, 5) is 24.2. The number of amides is 2. The van der Waals surface area contributed by atoms with E-state index in [1.807, 2.05) is 55.5 Å². The molecule has 2 N–H and O–H groups in total. The Hall–Kier alpha value is -2.27. The molecule has 0 saturated heterocycles. The van der Waals surface area contributed by atoms with Crippen LogP contribution in [0.5, 0.6) is 0 Å². The number of hydrogen-bond acceptors (Lipinski definition) is 3. The van der Waals surface area contributed by atoms with Crippen molar-refractivity contribution in [3.05, 3.63) is 59.7 Å². The molecule has 0 aliphatic carbocycles. The van der Waals surface area contributed by atoms with Crippen molar-refractivity contribution in [3.63, 3.8) is 0 Å². The second kappa shape index (κ2) is 9.28. The molecule has 0 unspecified atom stereocenters. The molecule has 0 saturated carbocycles. The fraction of sp³-hybridized carbons (Fsp3) is 0.300. The van der Waals surface area contributed by atoms with Crippen LogP contribution in [0.2, 0.25) is 0 Å². The van der Waals surface area contributed by atoms with Gasteiger partial charge in [-0.3, -0.25) is 9.59 Å². The molecular weight excluding hydrogens is 332 g/mol. The highest BCUT2D eigenvalue weighted by molar-refractivity contribution is 8.01. The molecule has 2 rings (SSSR count). The third-order valence-corrected chi connectivity index (χ3v) is 4.94. The molecule has 2 amide bonds. The smallest absolute Gasteiger partial charge is 0.237 e. The topological polar surface area (TPSA) is 58.2 Å². The van der Waals surface area contributed by atoms with Crippen molar-refractivity contribution < 1.29 is 9.59 Å². The molecule has 0 aromatic heterocycles. The molecule has 132 valence electrons. The van der Waals surface area contributed by atoms with Gasteiger partial charge in [0.1, 0.15) is 0 Å². The Labute approximate surface area is 153 Å². The lowest BCUT2D eigenvalue weighted by atomic mass is 10.1. The number of rotatable bonds is 7. The maximum Gasteiger partial charge on any atom is 0.237 e. The van der Waals surface area contributed by atoms with Gasteiger partial charge in [0.15, 0.2) is 0 Å². The summed E-state index contributed by atoms with van der Waals surface area (Å²) >= 11 is 1.32. The molecule has 25 heavy (non-hydrogen) atoms. The number of carbonyl (C=O) groups is 2. The van der Waals surface area contributed by atoms with Gasteiger partial charge in [-0.05, 0) is 50.1 Å². The third kappa shape index (κ3) is 6.27. The highest BCUT2D eigenvalue weighted by Gasteiger charge is 2.15. The lowest BCUT2D eigenvalue weighted by Gasteiger charge is -2.12. The van der Waals surface area contributed by atoms with Crippen LogP contribution in [0, 0.1) is 6.92 Å². The lowest BCUT2D eigenvalue weighted by molar-refractivity contribution is -0.115. The third-order valence-electron chi connectivity index (χ3n) is 3.80. The normalized spacial score (nSPS) is 11.6.